The molecule has 1 aliphatic heterocycles. The van der Waals surface area contributed by atoms with Gasteiger partial charge in [0.2, 0.25) is 5.91 Å². The molecule has 1 atom stereocenters. The molecule has 0 saturated heterocycles. The Kier molecular flexibility index (Phi) is 6.88. The van der Waals surface area contributed by atoms with Crippen LogP contribution in [0.25, 0.3) is 5.57 Å². The summed E-state index contributed by atoms with van der Waals surface area (Å²) in [4.78, 5) is 12.6. The number of hydrogen-bond acceptors (Lipinski definition) is 4. The predicted octanol–water partition coefficient (Wildman–Crippen LogP) is 3.14. The minimum atomic E-state index is 0.0414. The van der Waals surface area contributed by atoms with Crippen LogP contribution in [0.4, 0.5) is 0 Å². The van der Waals surface area contributed by atoms with Crippen LogP contribution in [0, 0.1) is 0 Å². The number of carbonyl (C=O) groups excluding carboxylic acids is 1. The van der Waals surface area contributed by atoms with Crippen LogP contribution in [0.2, 0.25) is 0 Å². The lowest BCUT2D eigenvalue weighted by molar-refractivity contribution is -0.117. The van der Waals surface area contributed by atoms with E-state index in [9.17, 15) is 4.79 Å². The summed E-state index contributed by atoms with van der Waals surface area (Å²) >= 11 is 0. The number of ether oxygens (including phenoxy) is 2. The zero-order valence-corrected chi connectivity index (χ0v) is 15.9. The zero-order chi connectivity index (χ0) is 18.4. The van der Waals surface area contributed by atoms with Gasteiger partial charge < -0.3 is 20.1 Å². The average Bonchev–Trinajstić information content (AvgIpc) is 2.75. The van der Waals surface area contributed by atoms with Gasteiger partial charge in [-0.25, -0.2) is 0 Å². The van der Waals surface area contributed by atoms with Gasteiger partial charge in [0.05, 0.1) is 14.2 Å². The number of methoxy groups -OCH3 is 2. The summed E-state index contributed by atoms with van der Waals surface area (Å²) in [5.74, 6) is 1.42. The maximum atomic E-state index is 12.6. The molecule has 0 saturated carbocycles. The van der Waals surface area contributed by atoms with Crippen LogP contribution in [0.1, 0.15) is 45.6 Å². The van der Waals surface area contributed by atoms with Crippen molar-refractivity contribution in [3.05, 3.63) is 29.3 Å². The van der Waals surface area contributed by atoms with Crippen LogP contribution in [0.15, 0.2) is 23.8 Å². The van der Waals surface area contributed by atoms with Crippen molar-refractivity contribution in [1.29, 1.82) is 0 Å². The topological polar surface area (TPSA) is 59.6 Å². The van der Waals surface area contributed by atoms with E-state index < -0.39 is 0 Å². The highest BCUT2D eigenvalue weighted by Gasteiger charge is 2.22. The first-order valence-corrected chi connectivity index (χ1v) is 8.95. The Morgan fingerprint density at radius 2 is 1.88 bits per heavy atom. The van der Waals surface area contributed by atoms with E-state index in [1.807, 2.05) is 18.2 Å². The molecule has 2 rings (SSSR count). The monoisotopic (exact) mass is 346 g/mol. The molecule has 0 bridgehead atoms. The van der Waals surface area contributed by atoms with Gasteiger partial charge in [-0.3, -0.25) is 4.79 Å². The van der Waals surface area contributed by atoms with E-state index in [2.05, 4.69) is 31.4 Å². The number of hydrogen-bond donors (Lipinski definition) is 2. The standard InChI is InChI=1S/C20H30N2O3/c1-13(2)22-14(3)11-17-16(7-6-10-21-20(17)23)15-8-9-18(24-4)19(12-15)25-5/h8-9,12-14,22H,6-7,10-11H2,1-5H3,(H,21,23). The summed E-state index contributed by atoms with van der Waals surface area (Å²) in [5, 5.41) is 6.51. The maximum Gasteiger partial charge on any atom is 0.247 e. The van der Waals surface area contributed by atoms with Gasteiger partial charge >= 0.3 is 0 Å². The number of rotatable bonds is 7. The van der Waals surface area contributed by atoms with Gasteiger partial charge in [-0.1, -0.05) is 19.9 Å². The van der Waals surface area contributed by atoms with Crippen LogP contribution >= 0.6 is 0 Å². The third-order valence-electron chi connectivity index (χ3n) is 4.39. The lowest BCUT2D eigenvalue weighted by atomic mass is 9.92. The molecule has 1 unspecified atom stereocenters. The fraction of sp³-hybridized carbons (Fsp3) is 0.550. The molecule has 1 aromatic carbocycles. The minimum Gasteiger partial charge on any atom is -0.493 e. The van der Waals surface area contributed by atoms with Crippen molar-refractivity contribution in [2.75, 3.05) is 20.8 Å². The molecule has 5 nitrogen and oxygen atoms in total. The van der Waals surface area contributed by atoms with E-state index in [-0.39, 0.29) is 11.9 Å². The largest absolute Gasteiger partial charge is 0.493 e. The first-order valence-electron chi connectivity index (χ1n) is 8.95. The summed E-state index contributed by atoms with van der Waals surface area (Å²) < 4.78 is 10.8. The van der Waals surface area contributed by atoms with Crippen molar-refractivity contribution in [2.24, 2.45) is 0 Å². The Morgan fingerprint density at radius 3 is 2.52 bits per heavy atom. The van der Waals surface area contributed by atoms with Gasteiger partial charge in [-0.05, 0) is 49.5 Å². The average molecular weight is 346 g/mol. The van der Waals surface area contributed by atoms with Crippen molar-refractivity contribution >= 4 is 11.5 Å². The fourth-order valence-corrected chi connectivity index (χ4v) is 3.35. The minimum absolute atomic E-state index is 0.0414. The highest BCUT2D eigenvalue weighted by Crippen LogP contribution is 2.34. The fourth-order valence-electron chi connectivity index (χ4n) is 3.35. The third-order valence-corrected chi connectivity index (χ3v) is 4.39. The third kappa shape index (κ3) is 4.98. The van der Waals surface area contributed by atoms with E-state index in [1.165, 1.54) is 0 Å². The molecule has 1 heterocycles. The summed E-state index contributed by atoms with van der Waals surface area (Å²) in [6.07, 6.45) is 2.51. The summed E-state index contributed by atoms with van der Waals surface area (Å²) in [5.41, 5.74) is 3.00. The van der Waals surface area contributed by atoms with Gasteiger partial charge in [-0.2, -0.15) is 0 Å². The van der Waals surface area contributed by atoms with Gasteiger partial charge in [0.25, 0.3) is 0 Å². The Bertz CT molecular complexity index is 638. The molecule has 138 valence electrons. The lowest BCUT2D eigenvalue weighted by Gasteiger charge is -2.20. The van der Waals surface area contributed by atoms with Crippen molar-refractivity contribution < 1.29 is 14.3 Å². The van der Waals surface area contributed by atoms with Crippen molar-refractivity contribution in [3.63, 3.8) is 0 Å². The van der Waals surface area contributed by atoms with Crippen LogP contribution in [0.5, 0.6) is 11.5 Å². The number of nitrogens with one attached hydrogen (secondary N) is 2. The van der Waals surface area contributed by atoms with E-state index in [4.69, 9.17) is 9.47 Å². The van der Waals surface area contributed by atoms with Crippen LogP contribution in [0.3, 0.4) is 0 Å². The van der Waals surface area contributed by atoms with E-state index in [1.54, 1.807) is 14.2 Å². The van der Waals surface area contributed by atoms with Crippen molar-refractivity contribution in [3.8, 4) is 11.5 Å². The van der Waals surface area contributed by atoms with Gasteiger partial charge in [0, 0.05) is 24.2 Å². The summed E-state index contributed by atoms with van der Waals surface area (Å²) in [7, 11) is 3.26. The van der Waals surface area contributed by atoms with Crippen LogP contribution in [-0.2, 0) is 4.79 Å². The maximum absolute atomic E-state index is 12.6. The Labute approximate surface area is 150 Å². The first kappa shape index (κ1) is 19.3. The molecule has 2 N–H and O–H groups in total. The van der Waals surface area contributed by atoms with E-state index in [0.29, 0.717) is 30.5 Å². The first-order chi connectivity index (χ1) is 12.0. The molecule has 1 aromatic rings. The highest BCUT2D eigenvalue weighted by molar-refractivity contribution is 6.01. The molecule has 25 heavy (non-hydrogen) atoms. The highest BCUT2D eigenvalue weighted by atomic mass is 16.5. The SMILES string of the molecule is COc1ccc(C2=C(CC(C)NC(C)C)C(=O)NCCC2)cc1OC. The van der Waals surface area contributed by atoms with Gasteiger partial charge in [-0.15, -0.1) is 0 Å². The van der Waals surface area contributed by atoms with Gasteiger partial charge in [0.1, 0.15) is 0 Å². The predicted molar refractivity (Wildman–Crippen MR) is 101 cm³/mol. The number of benzene rings is 1. The number of carbonyl (C=O) groups is 1. The van der Waals surface area contributed by atoms with Crippen molar-refractivity contribution in [2.45, 2.75) is 52.1 Å². The molecule has 0 aromatic heterocycles. The molecule has 1 amide bonds. The van der Waals surface area contributed by atoms with Crippen LogP contribution < -0.4 is 20.1 Å². The van der Waals surface area contributed by atoms with Gasteiger partial charge in [0.15, 0.2) is 11.5 Å². The molecular weight excluding hydrogens is 316 g/mol. The second-order valence-electron chi connectivity index (χ2n) is 6.81. The molecule has 1 aliphatic rings. The number of amides is 1. The quantitative estimate of drug-likeness (QED) is 0.796. The normalized spacial score (nSPS) is 16.5. The molecule has 0 fully saturated rings. The molecule has 5 heteroatoms. The Balaban J connectivity index is 2.42. The molecule has 0 spiro atoms. The molecular formula is C20H30N2O3. The second kappa shape index (κ2) is 8.90. The smallest absolute Gasteiger partial charge is 0.247 e. The lowest BCUT2D eigenvalue weighted by Crippen LogP contribution is -2.35. The second-order valence-corrected chi connectivity index (χ2v) is 6.81. The van der Waals surface area contributed by atoms with Crippen molar-refractivity contribution in [1.82, 2.24) is 10.6 Å². The summed E-state index contributed by atoms with van der Waals surface area (Å²) in [6, 6.07) is 6.49. The molecule has 0 aliphatic carbocycles. The van der Waals surface area contributed by atoms with Crippen LogP contribution in [-0.4, -0.2) is 38.8 Å². The Morgan fingerprint density at radius 1 is 1.16 bits per heavy atom. The van der Waals surface area contributed by atoms with E-state index >= 15 is 0 Å². The number of allylic oxidation sites excluding steroid dienone is 1. The Hall–Kier alpha value is -2.01. The zero-order valence-electron chi connectivity index (χ0n) is 15.9. The molecule has 0 radical (unpaired) electrons. The summed E-state index contributed by atoms with van der Waals surface area (Å²) in [6.45, 7) is 7.07. The van der Waals surface area contributed by atoms with E-state index in [0.717, 1.165) is 29.6 Å².